The van der Waals surface area contributed by atoms with Gasteiger partial charge in [0.15, 0.2) is 0 Å². The number of benzene rings is 1. The van der Waals surface area contributed by atoms with Gasteiger partial charge in [0, 0.05) is 17.5 Å². The van der Waals surface area contributed by atoms with E-state index in [0.717, 1.165) is 11.3 Å². The van der Waals surface area contributed by atoms with Gasteiger partial charge in [0.05, 0.1) is 7.11 Å². The fourth-order valence-corrected chi connectivity index (χ4v) is 1.82. The molecule has 0 fully saturated rings. The van der Waals surface area contributed by atoms with Gasteiger partial charge in [0.2, 0.25) is 5.91 Å². The number of nitrogens with one attached hydrogen (secondary N) is 1. The fourth-order valence-electron chi connectivity index (χ4n) is 1.82. The molecule has 5 heteroatoms. The van der Waals surface area contributed by atoms with E-state index in [9.17, 15) is 9.59 Å². The number of carboxylic acid groups (broad SMARTS) is 1. The Morgan fingerprint density at radius 1 is 1.32 bits per heavy atom. The van der Waals surface area contributed by atoms with Gasteiger partial charge in [0.1, 0.15) is 12.2 Å². The van der Waals surface area contributed by atoms with E-state index in [2.05, 4.69) is 5.32 Å². The van der Waals surface area contributed by atoms with Gasteiger partial charge in [-0.2, -0.15) is 0 Å². The maximum atomic E-state index is 11.4. The largest absolute Gasteiger partial charge is 0.496 e. The number of carboxylic acids is 1. The molecule has 0 bridgehead atoms. The second kappa shape index (κ2) is 6.22. The average molecular weight is 265 g/mol. The summed E-state index contributed by atoms with van der Waals surface area (Å²) < 4.78 is 5.30. The first-order valence-corrected chi connectivity index (χ1v) is 5.99. The molecule has 0 spiro atoms. The summed E-state index contributed by atoms with van der Waals surface area (Å²) in [6.45, 7) is 4.28. The first kappa shape index (κ1) is 15.0. The number of ether oxygens (including phenoxy) is 1. The Balaban J connectivity index is 2.75. The Labute approximate surface area is 112 Å². The number of methoxy groups -OCH3 is 1. The smallest absolute Gasteiger partial charge is 0.312 e. The number of hydrogen-bond donors (Lipinski definition) is 2. The summed E-state index contributed by atoms with van der Waals surface area (Å²) in [5.41, 5.74) is 0.619. The zero-order chi connectivity index (χ0) is 14.5. The van der Waals surface area contributed by atoms with Crippen molar-refractivity contribution in [2.45, 2.75) is 25.7 Å². The van der Waals surface area contributed by atoms with Crippen molar-refractivity contribution in [3.8, 4) is 5.75 Å². The van der Waals surface area contributed by atoms with Crippen LogP contribution in [0.3, 0.4) is 0 Å². The summed E-state index contributed by atoms with van der Waals surface area (Å²) in [6, 6.07) is 7.57. The van der Waals surface area contributed by atoms with Crippen LogP contribution in [0.2, 0.25) is 0 Å². The first-order valence-electron chi connectivity index (χ1n) is 5.99. The number of carbonyl (C=O) groups is 2. The fraction of sp³-hybridized carbons (Fsp3) is 0.429. The molecule has 19 heavy (non-hydrogen) atoms. The molecule has 0 unspecified atom stereocenters. The van der Waals surface area contributed by atoms with Crippen LogP contribution >= 0.6 is 0 Å². The molecule has 0 saturated carbocycles. The molecule has 0 aliphatic carbocycles. The number of carbonyl (C=O) groups excluding carboxylic acids is 1. The van der Waals surface area contributed by atoms with Gasteiger partial charge in [-0.15, -0.1) is 0 Å². The minimum Gasteiger partial charge on any atom is -0.496 e. The molecule has 2 N–H and O–H groups in total. The zero-order valence-corrected chi connectivity index (χ0v) is 11.4. The quantitative estimate of drug-likeness (QED) is 0.765. The molecular weight excluding hydrogens is 246 g/mol. The van der Waals surface area contributed by atoms with Gasteiger partial charge in [-0.3, -0.25) is 9.59 Å². The van der Waals surface area contributed by atoms with Crippen molar-refractivity contribution < 1.29 is 19.4 Å². The monoisotopic (exact) mass is 265 g/mol. The van der Waals surface area contributed by atoms with Crippen LogP contribution in [0.4, 0.5) is 0 Å². The second-order valence-electron chi connectivity index (χ2n) is 4.93. The van der Waals surface area contributed by atoms with E-state index in [-0.39, 0.29) is 5.41 Å². The van der Waals surface area contributed by atoms with Crippen LogP contribution in [-0.2, 0) is 15.0 Å². The topological polar surface area (TPSA) is 75.6 Å². The van der Waals surface area contributed by atoms with Crippen LogP contribution in [0.15, 0.2) is 24.3 Å². The van der Waals surface area contributed by atoms with Gasteiger partial charge in [-0.05, 0) is 6.07 Å². The average Bonchev–Trinajstić information content (AvgIpc) is 2.36. The highest BCUT2D eigenvalue weighted by atomic mass is 16.5. The molecule has 0 radical (unpaired) electrons. The van der Waals surface area contributed by atoms with E-state index in [0.29, 0.717) is 6.54 Å². The van der Waals surface area contributed by atoms with E-state index in [1.54, 1.807) is 7.11 Å². The number of hydrogen-bond acceptors (Lipinski definition) is 3. The van der Waals surface area contributed by atoms with E-state index >= 15 is 0 Å². The van der Waals surface area contributed by atoms with E-state index in [1.165, 1.54) is 0 Å². The Hall–Kier alpha value is -2.04. The SMILES string of the molecule is COc1ccccc1C(C)(C)CNC(=O)CC(=O)O. The number of amides is 1. The molecule has 0 atom stereocenters. The summed E-state index contributed by atoms with van der Waals surface area (Å²) >= 11 is 0. The van der Waals surface area contributed by atoms with E-state index < -0.39 is 18.3 Å². The Morgan fingerprint density at radius 2 is 1.95 bits per heavy atom. The van der Waals surface area contributed by atoms with Crippen LogP contribution in [0.1, 0.15) is 25.8 Å². The van der Waals surface area contributed by atoms with Gasteiger partial charge < -0.3 is 15.2 Å². The predicted molar refractivity (Wildman–Crippen MR) is 71.3 cm³/mol. The lowest BCUT2D eigenvalue weighted by Crippen LogP contribution is -2.37. The van der Waals surface area contributed by atoms with Crippen LogP contribution in [0, 0.1) is 0 Å². The lowest BCUT2D eigenvalue weighted by atomic mass is 9.84. The molecule has 0 aliphatic rings. The van der Waals surface area contributed by atoms with Crippen LogP contribution in [0.25, 0.3) is 0 Å². The molecule has 0 aromatic heterocycles. The second-order valence-corrected chi connectivity index (χ2v) is 4.93. The van der Waals surface area contributed by atoms with Gasteiger partial charge in [-0.1, -0.05) is 32.0 Å². The lowest BCUT2D eigenvalue weighted by Gasteiger charge is -2.27. The maximum absolute atomic E-state index is 11.4. The van der Waals surface area contributed by atoms with Gasteiger partial charge >= 0.3 is 5.97 Å². The Kier molecular flexibility index (Phi) is 4.92. The highest BCUT2D eigenvalue weighted by Gasteiger charge is 2.25. The molecule has 1 aromatic rings. The third kappa shape index (κ3) is 4.28. The molecule has 1 aromatic carbocycles. The van der Waals surface area contributed by atoms with Crippen molar-refractivity contribution in [1.82, 2.24) is 5.32 Å². The standard InChI is InChI=1S/C14H19NO4/c1-14(2,9-15-12(16)8-13(17)18)10-6-4-5-7-11(10)19-3/h4-7H,8-9H2,1-3H3,(H,15,16)(H,17,18). The van der Waals surface area contributed by atoms with Crippen molar-refractivity contribution in [3.05, 3.63) is 29.8 Å². The summed E-state index contributed by atoms with van der Waals surface area (Å²) in [5, 5.41) is 11.2. The maximum Gasteiger partial charge on any atom is 0.312 e. The van der Waals surface area contributed by atoms with Crippen molar-refractivity contribution >= 4 is 11.9 Å². The molecule has 0 heterocycles. The minimum atomic E-state index is -1.13. The Morgan fingerprint density at radius 3 is 2.53 bits per heavy atom. The molecule has 0 aliphatic heterocycles. The third-order valence-electron chi connectivity index (χ3n) is 2.88. The van der Waals surface area contributed by atoms with Crippen molar-refractivity contribution in [1.29, 1.82) is 0 Å². The summed E-state index contributed by atoms with van der Waals surface area (Å²) in [5.74, 6) is -0.872. The molecule has 104 valence electrons. The van der Waals surface area contributed by atoms with E-state index in [1.807, 2.05) is 38.1 Å². The molecule has 5 nitrogen and oxygen atoms in total. The third-order valence-corrected chi connectivity index (χ3v) is 2.88. The number of aliphatic carboxylic acids is 1. The first-order chi connectivity index (χ1) is 8.86. The normalized spacial score (nSPS) is 10.9. The predicted octanol–water partition coefficient (Wildman–Crippen LogP) is 1.56. The minimum absolute atomic E-state index is 0.346. The van der Waals surface area contributed by atoms with Gasteiger partial charge in [-0.25, -0.2) is 0 Å². The zero-order valence-electron chi connectivity index (χ0n) is 11.4. The highest BCUT2D eigenvalue weighted by molar-refractivity contribution is 5.93. The summed E-state index contributed by atoms with van der Waals surface area (Å²) in [6.07, 6.45) is -0.512. The van der Waals surface area contributed by atoms with Crippen molar-refractivity contribution in [3.63, 3.8) is 0 Å². The van der Waals surface area contributed by atoms with Gasteiger partial charge in [0.25, 0.3) is 0 Å². The van der Waals surface area contributed by atoms with Crippen LogP contribution in [-0.4, -0.2) is 30.6 Å². The summed E-state index contributed by atoms with van der Waals surface area (Å²) in [7, 11) is 1.60. The molecular formula is C14H19NO4. The summed E-state index contributed by atoms with van der Waals surface area (Å²) in [4.78, 5) is 21.8. The van der Waals surface area contributed by atoms with Crippen molar-refractivity contribution in [2.75, 3.05) is 13.7 Å². The highest BCUT2D eigenvalue weighted by Crippen LogP contribution is 2.30. The number of rotatable bonds is 6. The lowest BCUT2D eigenvalue weighted by molar-refractivity contribution is -0.140. The Bertz CT molecular complexity index is 468. The van der Waals surface area contributed by atoms with Crippen LogP contribution in [0.5, 0.6) is 5.75 Å². The number of para-hydroxylation sites is 1. The van der Waals surface area contributed by atoms with E-state index in [4.69, 9.17) is 9.84 Å². The molecule has 1 amide bonds. The molecule has 0 saturated heterocycles. The van der Waals surface area contributed by atoms with Crippen LogP contribution < -0.4 is 10.1 Å². The van der Waals surface area contributed by atoms with Crippen molar-refractivity contribution in [2.24, 2.45) is 0 Å². The molecule has 1 rings (SSSR count).